The molecule has 1 saturated heterocycles. The van der Waals surface area contributed by atoms with Gasteiger partial charge >= 0.3 is 10.0 Å². The largest absolute Gasteiger partial charge is 0.402 e. The van der Waals surface area contributed by atoms with Gasteiger partial charge in [0.1, 0.15) is 0 Å². The molecule has 0 aromatic heterocycles. The number of nitrogens with one attached hydrogen (secondary N) is 1. The summed E-state index contributed by atoms with van der Waals surface area (Å²) in [5, 5.41) is 3.33. The Morgan fingerprint density at radius 2 is 2.07 bits per heavy atom. The molecule has 1 heterocycles. The van der Waals surface area contributed by atoms with Gasteiger partial charge in [0, 0.05) is 27.4 Å². The average molecular weight is 235 g/mol. The molecular weight excluding hydrogens is 210 g/mol. The van der Waals surface area contributed by atoms with Crippen molar-refractivity contribution in [3.63, 3.8) is 0 Å². The van der Waals surface area contributed by atoms with Gasteiger partial charge in [-0.3, -0.25) is 0 Å². The summed E-state index contributed by atoms with van der Waals surface area (Å²) in [7, 11) is 2.73. The van der Waals surface area contributed by atoms with Crippen LogP contribution in [-0.2, 0) is 13.6 Å². The highest BCUT2D eigenvalue weighted by atomic mass is 28.3. The first-order valence-corrected chi connectivity index (χ1v) is 6.71. The Hall–Kier alpha value is 0.0569. The highest BCUT2D eigenvalue weighted by Gasteiger charge is 2.20. The third-order valence-electron chi connectivity index (χ3n) is 2.43. The molecule has 5 heteroatoms. The molecule has 15 heavy (non-hydrogen) atoms. The van der Waals surface area contributed by atoms with E-state index in [4.69, 9.17) is 4.74 Å². The van der Waals surface area contributed by atoms with E-state index in [1.165, 1.54) is 13.0 Å². The van der Waals surface area contributed by atoms with E-state index in [1.807, 2.05) is 0 Å². The van der Waals surface area contributed by atoms with Crippen LogP contribution in [0.4, 0.5) is 0 Å². The van der Waals surface area contributed by atoms with Crippen molar-refractivity contribution >= 4 is 10.0 Å². The molecule has 92 valence electrons. The van der Waals surface area contributed by atoms with Crippen LogP contribution < -0.4 is 5.32 Å². The summed E-state index contributed by atoms with van der Waals surface area (Å²) in [4.78, 5) is 0. The van der Waals surface area contributed by atoms with Crippen LogP contribution >= 0.6 is 0 Å². The Morgan fingerprint density at radius 3 is 2.40 bits per heavy atom. The van der Waals surface area contributed by atoms with Crippen molar-refractivity contribution in [2.75, 3.05) is 33.9 Å². The standard InChI is InChI=1S/C8H17NO.C2H8O2Si/c1-3-10-7(2)8-4-5-9-6-8;1-3-5-4-2/h7-9H,3-6H2,1-2H3;5H2,1-2H3. The number of rotatable bonds is 5. The van der Waals surface area contributed by atoms with Gasteiger partial charge in [-0.2, -0.15) is 0 Å². The minimum atomic E-state index is -0.568. The lowest BCUT2D eigenvalue weighted by atomic mass is 10.0. The van der Waals surface area contributed by atoms with Gasteiger partial charge in [0.25, 0.3) is 0 Å². The zero-order valence-electron chi connectivity index (χ0n) is 10.4. The predicted octanol–water partition coefficient (Wildman–Crippen LogP) is 0.299. The zero-order chi connectivity index (χ0) is 11.5. The molecule has 0 saturated carbocycles. The Bertz CT molecular complexity index is 130. The SMILES string of the molecule is CCOC(C)C1CCNC1.CO[SiH2]OC. The zero-order valence-corrected chi connectivity index (χ0v) is 11.8. The Balaban J connectivity index is 0.000000336. The topological polar surface area (TPSA) is 39.7 Å². The second-order valence-electron chi connectivity index (χ2n) is 3.61. The molecule has 0 aromatic carbocycles. The fourth-order valence-corrected chi connectivity index (χ4v) is 1.83. The van der Waals surface area contributed by atoms with Gasteiger partial charge in [-0.05, 0) is 32.7 Å². The molecule has 0 aromatic rings. The van der Waals surface area contributed by atoms with Crippen LogP contribution in [0.15, 0.2) is 0 Å². The molecule has 1 fully saturated rings. The van der Waals surface area contributed by atoms with Crippen molar-refractivity contribution < 1.29 is 13.6 Å². The van der Waals surface area contributed by atoms with Crippen LogP contribution in [0.1, 0.15) is 20.3 Å². The van der Waals surface area contributed by atoms with Gasteiger partial charge in [0.2, 0.25) is 0 Å². The van der Waals surface area contributed by atoms with E-state index in [-0.39, 0.29) is 0 Å². The Labute approximate surface area is 95.7 Å². The molecule has 1 rings (SSSR count). The molecule has 4 nitrogen and oxygen atoms in total. The van der Waals surface area contributed by atoms with Crippen molar-refractivity contribution in [2.24, 2.45) is 5.92 Å². The molecule has 0 radical (unpaired) electrons. The van der Waals surface area contributed by atoms with E-state index in [0.717, 1.165) is 19.1 Å². The molecule has 0 bridgehead atoms. The minimum Gasteiger partial charge on any atom is -0.402 e. The average Bonchev–Trinajstić information content (AvgIpc) is 2.73. The van der Waals surface area contributed by atoms with Crippen molar-refractivity contribution in [3.05, 3.63) is 0 Å². The maximum atomic E-state index is 5.49. The van der Waals surface area contributed by atoms with Crippen molar-refractivity contribution in [2.45, 2.75) is 26.4 Å². The quantitative estimate of drug-likeness (QED) is 0.696. The monoisotopic (exact) mass is 235 g/mol. The third-order valence-corrected chi connectivity index (χ3v) is 2.90. The molecule has 0 spiro atoms. The predicted molar refractivity (Wildman–Crippen MR) is 64.6 cm³/mol. The molecule has 1 aliphatic rings. The smallest absolute Gasteiger partial charge is 0.303 e. The van der Waals surface area contributed by atoms with Crippen LogP contribution in [0, 0.1) is 5.92 Å². The Morgan fingerprint density at radius 1 is 1.40 bits per heavy atom. The highest BCUT2D eigenvalue weighted by Crippen LogP contribution is 2.14. The maximum Gasteiger partial charge on any atom is 0.303 e. The molecule has 2 unspecified atom stereocenters. The Kier molecular flexibility index (Phi) is 10.6. The number of hydrogen-bond acceptors (Lipinski definition) is 4. The first-order chi connectivity index (χ1) is 7.26. The van der Waals surface area contributed by atoms with Gasteiger partial charge in [0.05, 0.1) is 6.10 Å². The molecular formula is C10H25NO3Si. The molecule has 2 atom stereocenters. The maximum absolute atomic E-state index is 5.49. The summed E-state index contributed by atoms with van der Waals surface area (Å²) in [6, 6.07) is 0. The van der Waals surface area contributed by atoms with E-state index in [0.29, 0.717) is 6.10 Å². The summed E-state index contributed by atoms with van der Waals surface area (Å²) in [6.45, 7) is 7.38. The highest BCUT2D eigenvalue weighted by molar-refractivity contribution is 6.17. The van der Waals surface area contributed by atoms with Crippen LogP contribution in [0.5, 0.6) is 0 Å². The summed E-state index contributed by atoms with van der Waals surface area (Å²) in [6.07, 6.45) is 1.72. The van der Waals surface area contributed by atoms with E-state index in [1.54, 1.807) is 14.2 Å². The van der Waals surface area contributed by atoms with Crippen LogP contribution in [0.25, 0.3) is 0 Å². The second-order valence-corrected chi connectivity index (χ2v) is 5.00. The second kappa shape index (κ2) is 10.6. The molecule has 0 aliphatic carbocycles. The molecule has 0 amide bonds. The summed E-state index contributed by atoms with van der Waals surface area (Å²) in [5.74, 6) is 0.750. The van der Waals surface area contributed by atoms with Gasteiger partial charge in [-0.25, -0.2) is 0 Å². The lowest BCUT2D eigenvalue weighted by Gasteiger charge is -2.17. The third kappa shape index (κ3) is 7.93. The first kappa shape index (κ1) is 15.1. The van der Waals surface area contributed by atoms with Crippen molar-refractivity contribution in [1.29, 1.82) is 0 Å². The van der Waals surface area contributed by atoms with Gasteiger partial charge < -0.3 is 18.9 Å². The molecule has 1 aliphatic heterocycles. The van der Waals surface area contributed by atoms with E-state index >= 15 is 0 Å². The normalized spacial score (nSPS) is 22.0. The fourth-order valence-electron chi connectivity index (χ4n) is 1.59. The van der Waals surface area contributed by atoms with Gasteiger partial charge in [-0.1, -0.05) is 0 Å². The summed E-state index contributed by atoms with van der Waals surface area (Å²) >= 11 is 0. The van der Waals surface area contributed by atoms with Gasteiger partial charge in [0.15, 0.2) is 0 Å². The van der Waals surface area contributed by atoms with E-state index in [9.17, 15) is 0 Å². The summed E-state index contributed by atoms with van der Waals surface area (Å²) < 4.78 is 14.7. The van der Waals surface area contributed by atoms with Crippen LogP contribution in [-0.4, -0.2) is 50.0 Å². The summed E-state index contributed by atoms with van der Waals surface area (Å²) in [5.41, 5.74) is 0. The van der Waals surface area contributed by atoms with Crippen molar-refractivity contribution in [3.8, 4) is 0 Å². The van der Waals surface area contributed by atoms with E-state index in [2.05, 4.69) is 28.0 Å². The van der Waals surface area contributed by atoms with Gasteiger partial charge in [-0.15, -0.1) is 0 Å². The fraction of sp³-hybridized carbons (Fsp3) is 1.00. The van der Waals surface area contributed by atoms with Crippen LogP contribution in [0.2, 0.25) is 0 Å². The number of hydrogen-bond donors (Lipinski definition) is 1. The minimum absolute atomic E-state index is 0.444. The van der Waals surface area contributed by atoms with Crippen LogP contribution in [0.3, 0.4) is 0 Å². The number of ether oxygens (including phenoxy) is 1. The van der Waals surface area contributed by atoms with E-state index < -0.39 is 10.0 Å². The molecule has 1 N–H and O–H groups in total. The first-order valence-electron chi connectivity index (χ1n) is 5.56. The van der Waals surface area contributed by atoms with Crippen molar-refractivity contribution in [1.82, 2.24) is 5.32 Å². The lowest BCUT2D eigenvalue weighted by Crippen LogP contribution is -2.22. The lowest BCUT2D eigenvalue weighted by molar-refractivity contribution is 0.0392.